The number of benzene rings is 2. The number of nitrogens with zero attached hydrogens (tertiary/aromatic N) is 3. The summed E-state index contributed by atoms with van der Waals surface area (Å²) in [4.78, 5) is 26.9. The van der Waals surface area contributed by atoms with Gasteiger partial charge >= 0.3 is 0 Å². The molecular weight excluding hydrogens is 476 g/mol. The molecule has 1 aliphatic rings. The smallest absolute Gasteiger partial charge is 0.279 e. The lowest BCUT2D eigenvalue weighted by atomic mass is 9.86. The molecule has 36 heavy (non-hydrogen) atoms. The Labute approximate surface area is 204 Å². The molecule has 0 bridgehead atoms. The van der Waals surface area contributed by atoms with Crippen molar-refractivity contribution < 1.29 is 22.4 Å². The number of hydrogen-bond donors (Lipinski definition) is 1. The van der Waals surface area contributed by atoms with Crippen LogP contribution in [0.1, 0.15) is 34.3 Å². The maximum absolute atomic E-state index is 15.1. The Balaban J connectivity index is 1.56. The number of aromatic nitrogens is 1. The molecule has 3 aromatic rings. The number of piperidine rings is 1. The molecule has 0 radical (unpaired) electrons. The number of nitrogens with one attached hydrogen (secondary N) is 1. The van der Waals surface area contributed by atoms with Gasteiger partial charge in [0.05, 0.1) is 28.6 Å². The molecule has 0 unspecified atom stereocenters. The number of halogens is 4. The lowest BCUT2D eigenvalue weighted by Gasteiger charge is -2.38. The number of carbonyl (C=O) groups is 1. The third kappa shape index (κ3) is 4.82. The monoisotopic (exact) mass is 498 g/mol. The SMILES string of the molecule is Cn1cccc(C(=O)Nc2cc(C#N)ccc2N2CCC(C(F)(F)c3cc(F)ccc3F)CC2)c1=O. The van der Waals surface area contributed by atoms with Gasteiger partial charge in [-0.3, -0.25) is 9.59 Å². The van der Waals surface area contributed by atoms with Gasteiger partial charge in [-0.05, 0) is 61.4 Å². The highest BCUT2D eigenvalue weighted by atomic mass is 19.3. The van der Waals surface area contributed by atoms with Gasteiger partial charge in [0.25, 0.3) is 17.4 Å². The summed E-state index contributed by atoms with van der Waals surface area (Å²) in [5.74, 6) is -7.54. The molecule has 186 valence electrons. The molecule has 6 nitrogen and oxygen atoms in total. The highest BCUT2D eigenvalue weighted by molar-refractivity contribution is 6.05. The number of pyridine rings is 1. The quantitative estimate of drug-likeness (QED) is 0.513. The Morgan fingerprint density at radius 3 is 2.53 bits per heavy atom. The first-order valence-electron chi connectivity index (χ1n) is 11.2. The van der Waals surface area contributed by atoms with E-state index in [1.807, 2.05) is 6.07 Å². The predicted molar refractivity (Wildman–Crippen MR) is 126 cm³/mol. The fraction of sp³-hybridized carbons (Fsp3) is 0.269. The molecule has 1 aliphatic heterocycles. The van der Waals surface area contributed by atoms with E-state index in [4.69, 9.17) is 0 Å². The van der Waals surface area contributed by atoms with Gasteiger partial charge in [-0.2, -0.15) is 5.26 Å². The van der Waals surface area contributed by atoms with Gasteiger partial charge < -0.3 is 14.8 Å². The Morgan fingerprint density at radius 1 is 1.11 bits per heavy atom. The molecule has 1 fully saturated rings. The Hall–Kier alpha value is -4.13. The van der Waals surface area contributed by atoms with Crippen molar-refractivity contribution in [1.29, 1.82) is 5.26 Å². The van der Waals surface area contributed by atoms with Crippen LogP contribution in [0.25, 0.3) is 0 Å². The first-order valence-corrected chi connectivity index (χ1v) is 11.2. The van der Waals surface area contributed by atoms with E-state index in [2.05, 4.69) is 5.32 Å². The average Bonchev–Trinajstić information content (AvgIpc) is 2.87. The van der Waals surface area contributed by atoms with Crippen LogP contribution in [0.2, 0.25) is 0 Å². The Kier molecular flexibility index (Phi) is 6.84. The van der Waals surface area contributed by atoms with Crippen LogP contribution in [-0.2, 0) is 13.0 Å². The largest absolute Gasteiger partial charge is 0.370 e. The highest BCUT2D eigenvalue weighted by Gasteiger charge is 2.44. The lowest BCUT2D eigenvalue weighted by Crippen LogP contribution is -2.40. The van der Waals surface area contributed by atoms with Gasteiger partial charge in [0.1, 0.15) is 17.2 Å². The summed E-state index contributed by atoms with van der Waals surface area (Å²) in [6.07, 6.45) is 1.47. The zero-order valence-corrected chi connectivity index (χ0v) is 19.3. The number of anilines is 2. The number of hydrogen-bond acceptors (Lipinski definition) is 4. The van der Waals surface area contributed by atoms with Gasteiger partial charge in [0.2, 0.25) is 0 Å². The van der Waals surface area contributed by atoms with Gasteiger partial charge in [-0.25, -0.2) is 17.6 Å². The van der Waals surface area contributed by atoms with Crippen molar-refractivity contribution in [1.82, 2.24) is 4.57 Å². The molecule has 0 saturated carbocycles. The van der Waals surface area contributed by atoms with Crippen molar-refractivity contribution in [2.24, 2.45) is 13.0 Å². The summed E-state index contributed by atoms with van der Waals surface area (Å²) in [6, 6.07) is 11.5. The van der Waals surface area contributed by atoms with E-state index in [0.29, 0.717) is 17.8 Å². The van der Waals surface area contributed by atoms with Gasteiger partial charge in [-0.15, -0.1) is 0 Å². The normalized spacial score (nSPS) is 14.4. The first kappa shape index (κ1) is 25.0. The van der Waals surface area contributed by atoms with Crippen molar-refractivity contribution in [3.05, 3.63) is 93.4 Å². The summed E-state index contributed by atoms with van der Waals surface area (Å²) >= 11 is 0. The second-order valence-corrected chi connectivity index (χ2v) is 8.64. The molecule has 2 heterocycles. The summed E-state index contributed by atoms with van der Waals surface area (Å²) in [7, 11) is 1.51. The van der Waals surface area contributed by atoms with E-state index in [0.717, 1.165) is 6.07 Å². The van der Waals surface area contributed by atoms with Gasteiger partial charge in [0.15, 0.2) is 0 Å². The van der Waals surface area contributed by atoms with Crippen molar-refractivity contribution in [2.75, 3.05) is 23.3 Å². The number of alkyl halides is 2. The van der Waals surface area contributed by atoms with Crippen LogP contribution >= 0.6 is 0 Å². The fourth-order valence-corrected chi connectivity index (χ4v) is 4.40. The average molecular weight is 498 g/mol. The Morgan fingerprint density at radius 2 is 1.83 bits per heavy atom. The van der Waals surface area contributed by atoms with E-state index in [1.165, 1.54) is 36.0 Å². The third-order valence-corrected chi connectivity index (χ3v) is 6.38. The minimum Gasteiger partial charge on any atom is -0.370 e. The molecule has 1 N–H and O–H groups in total. The van der Waals surface area contributed by atoms with Crippen LogP contribution in [0.15, 0.2) is 59.5 Å². The van der Waals surface area contributed by atoms with Crippen LogP contribution in [0.5, 0.6) is 0 Å². The molecule has 2 aromatic carbocycles. The minimum atomic E-state index is -3.56. The topological polar surface area (TPSA) is 78.1 Å². The maximum atomic E-state index is 15.1. The first-order chi connectivity index (χ1) is 17.1. The third-order valence-electron chi connectivity index (χ3n) is 6.38. The summed E-state index contributed by atoms with van der Waals surface area (Å²) in [6.45, 7) is 0.304. The molecule has 0 atom stereocenters. The fourth-order valence-electron chi connectivity index (χ4n) is 4.40. The maximum Gasteiger partial charge on any atom is 0.279 e. The van der Waals surface area contributed by atoms with E-state index in [9.17, 15) is 23.6 Å². The molecule has 0 aliphatic carbocycles. The number of carbonyl (C=O) groups excluding carboxylic acids is 1. The molecular formula is C26H22F4N4O2. The second kappa shape index (κ2) is 9.85. The van der Waals surface area contributed by atoms with Gasteiger partial charge in [0, 0.05) is 32.3 Å². The van der Waals surface area contributed by atoms with Crippen LogP contribution in [0.3, 0.4) is 0 Å². The standard InChI is InChI=1S/C26H22F4N4O2/c1-33-10-2-3-19(25(33)36)24(35)32-22-13-16(15-31)4-7-23(22)34-11-8-17(9-12-34)26(29,30)20-14-18(27)5-6-21(20)28/h2-7,10,13-14,17H,8-9,11-12H2,1H3,(H,32,35). The highest BCUT2D eigenvalue weighted by Crippen LogP contribution is 2.43. The zero-order valence-electron chi connectivity index (χ0n) is 19.3. The van der Waals surface area contributed by atoms with Crippen molar-refractivity contribution >= 4 is 17.3 Å². The summed E-state index contributed by atoms with van der Waals surface area (Å²) in [5.41, 5.74) is -0.542. The van der Waals surface area contributed by atoms with E-state index in [1.54, 1.807) is 17.0 Å². The van der Waals surface area contributed by atoms with E-state index < -0.39 is 40.5 Å². The number of rotatable bonds is 5. The van der Waals surface area contributed by atoms with Crippen LogP contribution in [0, 0.1) is 28.9 Å². The van der Waals surface area contributed by atoms with E-state index in [-0.39, 0.29) is 42.7 Å². The second-order valence-electron chi connectivity index (χ2n) is 8.64. The summed E-state index contributed by atoms with van der Waals surface area (Å²) in [5, 5.41) is 12.0. The number of amides is 1. The number of aryl methyl sites for hydroxylation is 1. The van der Waals surface area contributed by atoms with Crippen LogP contribution < -0.4 is 15.8 Å². The zero-order chi connectivity index (χ0) is 26.0. The van der Waals surface area contributed by atoms with Crippen LogP contribution in [0.4, 0.5) is 28.9 Å². The molecule has 1 amide bonds. The van der Waals surface area contributed by atoms with E-state index >= 15 is 8.78 Å². The van der Waals surface area contributed by atoms with Crippen LogP contribution in [-0.4, -0.2) is 23.6 Å². The predicted octanol–water partition coefficient (Wildman–Crippen LogP) is 4.80. The lowest BCUT2D eigenvalue weighted by molar-refractivity contribution is -0.0763. The van der Waals surface area contributed by atoms with Crippen molar-refractivity contribution in [2.45, 2.75) is 18.8 Å². The molecule has 10 heteroatoms. The molecule has 1 saturated heterocycles. The molecule has 0 spiro atoms. The van der Waals surface area contributed by atoms with Crippen molar-refractivity contribution in [3.8, 4) is 6.07 Å². The molecule has 1 aromatic heterocycles. The minimum absolute atomic E-state index is 0.0183. The molecule has 4 rings (SSSR count). The summed E-state index contributed by atoms with van der Waals surface area (Å²) < 4.78 is 59.0. The van der Waals surface area contributed by atoms with Gasteiger partial charge in [-0.1, -0.05) is 0 Å². The number of nitriles is 1. The Bertz CT molecular complexity index is 1410. The van der Waals surface area contributed by atoms with Crippen molar-refractivity contribution in [3.63, 3.8) is 0 Å².